The van der Waals surface area contributed by atoms with Gasteiger partial charge in [-0.1, -0.05) is 18.2 Å². The molecule has 0 aliphatic carbocycles. The second-order valence-electron chi connectivity index (χ2n) is 5.60. The number of furan rings is 1. The molecule has 0 atom stereocenters. The van der Waals surface area contributed by atoms with Gasteiger partial charge in [0.2, 0.25) is 0 Å². The quantitative estimate of drug-likeness (QED) is 0.806. The number of nitrogen functional groups attached to an aromatic ring is 1. The van der Waals surface area contributed by atoms with Gasteiger partial charge in [-0.25, -0.2) is 4.68 Å². The first-order valence-corrected chi connectivity index (χ1v) is 7.47. The molecule has 5 nitrogen and oxygen atoms in total. The van der Waals surface area contributed by atoms with Crippen molar-refractivity contribution < 1.29 is 4.42 Å². The zero-order valence-electron chi connectivity index (χ0n) is 12.3. The fourth-order valence-corrected chi connectivity index (χ4v) is 2.97. The number of anilines is 1. The van der Waals surface area contributed by atoms with Crippen molar-refractivity contribution in [3.8, 4) is 5.69 Å². The lowest BCUT2D eigenvalue weighted by Gasteiger charge is -2.25. The van der Waals surface area contributed by atoms with Crippen LogP contribution in [0.3, 0.4) is 0 Å². The molecule has 4 rings (SSSR count). The highest BCUT2D eigenvalue weighted by molar-refractivity contribution is 5.50. The van der Waals surface area contributed by atoms with E-state index in [1.807, 2.05) is 47.1 Å². The highest BCUT2D eigenvalue weighted by Crippen LogP contribution is 2.27. The van der Waals surface area contributed by atoms with Gasteiger partial charge in [-0.3, -0.25) is 4.90 Å². The van der Waals surface area contributed by atoms with Gasteiger partial charge in [-0.15, -0.1) is 0 Å². The fraction of sp³-hybridized carbons (Fsp3) is 0.235. The Morgan fingerprint density at radius 1 is 1.14 bits per heavy atom. The molecule has 112 valence electrons. The predicted molar refractivity (Wildman–Crippen MR) is 84.5 cm³/mol. The van der Waals surface area contributed by atoms with Crippen molar-refractivity contribution in [1.29, 1.82) is 0 Å². The molecule has 1 aliphatic rings. The normalized spacial score (nSPS) is 14.9. The maximum absolute atomic E-state index is 6.34. The van der Waals surface area contributed by atoms with Gasteiger partial charge in [0, 0.05) is 25.1 Å². The third-order valence-corrected chi connectivity index (χ3v) is 4.11. The molecule has 0 spiro atoms. The van der Waals surface area contributed by atoms with Crippen LogP contribution in [-0.4, -0.2) is 21.2 Å². The largest absolute Gasteiger partial charge is 0.468 e. The van der Waals surface area contributed by atoms with E-state index in [9.17, 15) is 0 Å². The molecule has 1 aliphatic heterocycles. The van der Waals surface area contributed by atoms with Gasteiger partial charge in [0.05, 0.1) is 24.2 Å². The van der Waals surface area contributed by atoms with Gasteiger partial charge < -0.3 is 10.2 Å². The van der Waals surface area contributed by atoms with Crippen LogP contribution < -0.4 is 5.73 Å². The molecule has 5 heteroatoms. The topological polar surface area (TPSA) is 60.2 Å². The van der Waals surface area contributed by atoms with E-state index in [4.69, 9.17) is 15.2 Å². The summed E-state index contributed by atoms with van der Waals surface area (Å²) in [5, 5.41) is 4.69. The Kier molecular flexibility index (Phi) is 3.20. The maximum atomic E-state index is 6.34. The number of hydrogen-bond donors (Lipinski definition) is 1. The Morgan fingerprint density at radius 3 is 2.77 bits per heavy atom. The van der Waals surface area contributed by atoms with Crippen LogP contribution >= 0.6 is 0 Å². The van der Waals surface area contributed by atoms with Crippen LogP contribution in [0, 0.1) is 0 Å². The first-order valence-electron chi connectivity index (χ1n) is 7.47. The summed E-state index contributed by atoms with van der Waals surface area (Å²) < 4.78 is 7.28. The summed E-state index contributed by atoms with van der Waals surface area (Å²) >= 11 is 0. The second-order valence-corrected chi connectivity index (χ2v) is 5.60. The van der Waals surface area contributed by atoms with Crippen LogP contribution in [0.4, 0.5) is 5.82 Å². The molecule has 0 bridgehead atoms. The summed E-state index contributed by atoms with van der Waals surface area (Å²) in [7, 11) is 0. The second kappa shape index (κ2) is 5.35. The number of benzene rings is 1. The minimum atomic E-state index is 0.741. The number of hydrogen-bond acceptors (Lipinski definition) is 4. The highest BCUT2D eigenvalue weighted by atomic mass is 16.3. The lowest BCUT2D eigenvalue weighted by Crippen LogP contribution is -2.29. The highest BCUT2D eigenvalue weighted by Gasteiger charge is 2.24. The summed E-state index contributed by atoms with van der Waals surface area (Å²) in [6, 6.07) is 14.0. The van der Waals surface area contributed by atoms with Crippen molar-refractivity contribution in [2.45, 2.75) is 19.5 Å². The summed E-state index contributed by atoms with van der Waals surface area (Å²) in [6.07, 6.45) is 2.63. The molecule has 0 saturated heterocycles. The van der Waals surface area contributed by atoms with Crippen LogP contribution in [0.1, 0.15) is 17.0 Å². The number of nitrogens with two attached hydrogens (primary N) is 1. The Bertz CT molecular complexity index is 762. The monoisotopic (exact) mass is 294 g/mol. The molecule has 2 aromatic heterocycles. The Balaban J connectivity index is 1.61. The Labute approximate surface area is 129 Å². The average Bonchev–Trinajstić information content (AvgIpc) is 3.17. The third kappa shape index (κ3) is 2.29. The van der Waals surface area contributed by atoms with Crippen LogP contribution in [0.15, 0.2) is 53.1 Å². The molecule has 0 unspecified atom stereocenters. The number of fused-ring (bicyclic) bond motifs is 1. The van der Waals surface area contributed by atoms with E-state index >= 15 is 0 Å². The third-order valence-electron chi connectivity index (χ3n) is 4.11. The SMILES string of the molecule is Nc1c2c(nn1-c1ccccc1)CCN(Cc1ccco1)C2. The minimum absolute atomic E-state index is 0.741. The molecular formula is C17H18N4O. The molecule has 0 radical (unpaired) electrons. The molecular weight excluding hydrogens is 276 g/mol. The van der Waals surface area contributed by atoms with Crippen LogP contribution in [0.5, 0.6) is 0 Å². The van der Waals surface area contributed by atoms with E-state index in [-0.39, 0.29) is 0 Å². The van der Waals surface area contributed by atoms with Gasteiger partial charge in [0.25, 0.3) is 0 Å². The Morgan fingerprint density at radius 2 is 2.00 bits per heavy atom. The number of aromatic nitrogens is 2. The van der Waals surface area contributed by atoms with Gasteiger partial charge in [-0.05, 0) is 24.3 Å². The van der Waals surface area contributed by atoms with E-state index < -0.39 is 0 Å². The smallest absolute Gasteiger partial charge is 0.132 e. The molecule has 0 fully saturated rings. The lowest BCUT2D eigenvalue weighted by molar-refractivity contribution is 0.225. The summed E-state index contributed by atoms with van der Waals surface area (Å²) in [4.78, 5) is 2.34. The molecule has 0 saturated carbocycles. The molecule has 22 heavy (non-hydrogen) atoms. The molecule has 1 aromatic carbocycles. The first-order chi connectivity index (χ1) is 10.8. The van der Waals surface area contributed by atoms with Gasteiger partial charge >= 0.3 is 0 Å². The predicted octanol–water partition coefficient (Wildman–Crippen LogP) is 2.61. The number of nitrogens with zero attached hydrogens (tertiary/aromatic N) is 3. The minimum Gasteiger partial charge on any atom is -0.468 e. The van der Waals surface area contributed by atoms with Crippen molar-refractivity contribution in [1.82, 2.24) is 14.7 Å². The number of para-hydroxylation sites is 1. The summed E-state index contributed by atoms with van der Waals surface area (Å²) in [5.74, 6) is 1.72. The molecule has 0 amide bonds. The molecule has 2 N–H and O–H groups in total. The maximum Gasteiger partial charge on any atom is 0.132 e. The lowest BCUT2D eigenvalue weighted by atomic mass is 10.1. The van der Waals surface area contributed by atoms with Crippen LogP contribution in [0.25, 0.3) is 5.69 Å². The van der Waals surface area contributed by atoms with E-state index in [2.05, 4.69) is 4.90 Å². The average molecular weight is 294 g/mol. The van der Waals surface area contributed by atoms with Gasteiger partial charge in [-0.2, -0.15) is 5.10 Å². The van der Waals surface area contributed by atoms with E-state index in [1.165, 1.54) is 0 Å². The summed E-state index contributed by atoms with van der Waals surface area (Å²) in [6.45, 7) is 2.59. The van der Waals surface area contributed by atoms with E-state index in [0.29, 0.717) is 0 Å². The molecule has 3 aromatic rings. The van der Waals surface area contributed by atoms with Crippen LogP contribution in [0.2, 0.25) is 0 Å². The number of rotatable bonds is 3. The molecule has 3 heterocycles. The van der Waals surface area contributed by atoms with Crippen molar-refractivity contribution >= 4 is 5.82 Å². The van der Waals surface area contributed by atoms with Crippen molar-refractivity contribution in [3.05, 3.63) is 65.7 Å². The zero-order valence-corrected chi connectivity index (χ0v) is 12.3. The first kappa shape index (κ1) is 13.2. The van der Waals surface area contributed by atoms with E-state index in [1.54, 1.807) is 6.26 Å². The summed E-state index contributed by atoms with van der Waals surface area (Å²) in [5.41, 5.74) is 9.60. The fourth-order valence-electron chi connectivity index (χ4n) is 2.97. The standard InChI is InChI=1S/C17H18N4O/c18-17-15-12-20(11-14-7-4-10-22-14)9-8-16(15)19-21(17)13-5-2-1-3-6-13/h1-7,10H,8-9,11-12,18H2. The Hall–Kier alpha value is -2.53. The van der Waals surface area contributed by atoms with E-state index in [0.717, 1.165) is 54.6 Å². The van der Waals surface area contributed by atoms with Gasteiger partial charge in [0.1, 0.15) is 11.6 Å². The van der Waals surface area contributed by atoms with Crippen molar-refractivity contribution in [2.75, 3.05) is 12.3 Å². The van der Waals surface area contributed by atoms with Crippen molar-refractivity contribution in [3.63, 3.8) is 0 Å². The zero-order chi connectivity index (χ0) is 14.9. The van der Waals surface area contributed by atoms with Crippen LogP contribution in [-0.2, 0) is 19.5 Å². The van der Waals surface area contributed by atoms with Gasteiger partial charge in [0.15, 0.2) is 0 Å². The van der Waals surface area contributed by atoms with Crippen molar-refractivity contribution in [2.24, 2.45) is 0 Å².